The molecule has 4 rings (SSSR count). The molecule has 2 aromatic carbocycles. The zero-order valence-corrected chi connectivity index (χ0v) is 10.3. The highest BCUT2D eigenvalue weighted by Gasteiger charge is 2.20. The first kappa shape index (κ1) is 10.4. The van der Waals surface area contributed by atoms with Gasteiger partial charge in [-0.1, -0.05) is 30.3 Å². The number of benzene rings is 2. The Morgan fingerprint density at radius 1 is 0.947 bits per heavy atom. The van der Waals surface area contributed by atoms with E-state index in [1.54, 1.807) is 0 Å². The van der Waals surface area contributed by atoms with Gasteiger partial charge < -0.3 is 4.74 Å². The molecule has 3 heteroatoms. The second-order valence-corrected chi connectivity index (χ2v) is 4.57. The maximum Gasteiger partial charge on any atom is 0.129 e. The fourth-order valence-corrected chi connectivity index (χ4v) is 2.40. The van der Waals surface area contributed by atoms with Crippen LogP contribution >= 0.6 is 0 Å². The van der Waals surface area contributed by atoms with Gasteiger partial charge in [-0.05, 0) is 24.3 Å². The van der Waals surface area contributed by atoms with E-state index in [-0.39, 0.29) is 0 Å². The SMILES string of the molecule is c1ccc(-n2cc3c(n2)-c2ccccc2OC3)cc1. The average molecular weight is 248 g/mol. The molecule has 3 aromatic rings. The molecule has 1 aromatic heterocycles. The quantitative estimate of drug-likeness (QED) is 0.659. The number of hydrogen-bond donors (Lipinski definition) is 0. The van der Waals surface area contributed by atoms with Crippen LogP contribution in [0.5, 0.6) is 5.75 Å². The molecule has 0 radical (unpaired) electrons. The molecule has 1 aliphatic rings. The lowest BCUT2D eigenvalue weighted by molar-refractivity contribution is 0.302. The molecule has 1 aliphatic heterocycles. The predicted molar refractivity (Wildman–Crippen MR) is 73.3 cm³/mol. The third-order valence-corrected chi connectivity index (χ3v) is 3.34. The highest BCUT2D eigenvalue weighted by Crippen LogP contribution is 2.36. The van der Waals surface area contributed by atoms with Crippen LogP contribution < -0.4 is 4.74 Å². The standard InChI is InChI=1S/C16H12N2O/c1-2-6-13(7-3-1)18-10-12-11-19-15-9-5-4-8-14(15)16(12)17-18/h1-10H,11H2. The molecular weight excluding hydrogens is 236 g/mol. The van der Waals surface area contributed by atoms with Gasteiger partial charge in [-0.2, -0.15) is 5.10 Å². The minimum absolute atomic E-state index is 0.583. The summed E-state index contributed by atoms with van der Waals surface area (Å²) in [5.41, 5.74) is 4.28. The van der Waals surface area contributed by atoms with E-state index in [1.165, 1.54) is 0 Å². The third-order valence-electron chi connectivity index (χ3n) is 3.34. The van der Waals surface area contributed by atoms with Gasteiger partial charge in [0.15, 0.2) is 0 Å². The molecule has 2 heterocycles. The number of ether oxygens (including phenoxy) is 1. The van der Waals surface area contributed by atoms with Crippen LogP contribution in [0, 0.1) is 0 Å². The maximum absolute atomic E-state index is 5.75. The Bertz CT molecular complexity index is 732. The summed E-state index contributed by atoms with van der Waals surface area (Å²) in [5, 5.41) is 4.70. The second-order valence-electron chi connectivity index (χ2n) is 4.57. The van der Waals surface area contributed by atoms with Gasteiger partial charge in [-0.15, -0.1) is 0 Å². The smallest absolute Gasteiger partial charge is 0.129 e. The van der Waals surface area contributed by atoms with Crippen molar-refractivity contribution < 1.29 is 4.74 Å². The zero-order chi connectivity index (χ0) is 12.7. The topological polar surface area (TPSA) is 27.1 Å². The van der Waals surface area contributed by atoms with Crippen molar-refractivity contribution in [1.82, 2.24) is 9.78 Å². The van der Waals surface area contributed by atoms with Gasteiger partial charge in [0.2, 0.25) is 0 Å². The molecule has 0 amide bonds. The van der Waals surface area contributed by atoms with Crippen molar-refractivity contribution in [1.29, 1.82) is 0 Å². The summed E-state index contributed by atoms with van der Waals surface area (Å²) in [4.78, 5) is 0. The van der Waals surface area contributed by atoms with Gasteiger partial charge in [0, 0.05) is 17.3 Å². The Labute approximate surface area is 111 Å². The van der Waals surface area contributed by atoms with Crippen LogP contribution in [0.4, 0.5) is 0 Å². The van der Waals surface area contributed by atoms with Gasteiger partial charge in [-0.3, -0.25) is 0 Å². The first-order valence-electron chi connectivity index (χ1n) is 6.28. The highest BCUT2D eigenvalue weighted by molar-refractivity contribution is 5.71. The molecule has 0 atom stereocenters. The molecule has 0 fully saturated rings. The summed E-state index contributed by atoms with van der Waals surface area (Å²) in [6, 6.07) is 18.2. The Kier molecular flexibility index (Phi) is 2.18. The van der Waals surface area contributed by atoms with Gasteiger partial charge in [0.05, 0.1) is 5.69 Å². The van der Waals surface area contributed by atoms with Crippen LogP contribution in [0.1, 0.15) is 5.56 Å². The Morgan fingerprint density at radius 3 is 2.63 bits per heavy atom. The lowest BCUT2D eigenvalue weighted by Crippen LogP contribution is -2.03. The lowest BCUT2D eigenvalue weighted by atomic mass is 10.1. The first-order valence-corrected chi connectivity index (χ1v) is 6.28. The maximum atomic E-state index is 5.75. The van der Waals surface area contributed by atoms with E-state index >= 15 is 0 Å². The van der Waals surface area contributed by atoms with Crippen LogP contribution in [0.15, 0.2) is 60.8 Å². The summed E-state index contributed by atoms with van der Waals surface area (Å²) in [5.74, 6) is 0.910. The fraction of sp³-hybridized carbons (Fsp3) is 0.0625. The molecule has 0 bridgehead atoms. The van der Waals surface area contributed by atoms with Crippen LogP contribution in [-0.4, -0.2) is 9.78 Å². The van der Waals surface area contributed by atoms with Crippen LogP contribution in [-0.2, 0) is 6.61 Å². The predicted octanol–water partition coefficient (Wildman–Crippen LogP) is 3.43. The fourth-order valence-electron chi connectivity index (χ4n) is 2.40. The van der Waals surface area contributed by atoms with Crippen LogP contribution in [0.2, 0.25) is 0 Å². The first-order chi connectivity index (χ1) is 9.42. The number of rotatable bonds is 1. The van der Waals surface area contributed by atoms with Crippen molar-refractivity contribution in [2.75, 3.05) is 0 Å². The minimum Gasteiger partial charge on any atom is -0.488 e. The molecule has 0 aliphatic carbocycles. The van der Waals surface area contributed by atoms with E-state index in [2.05, 4.69) is 6.07 Å². The van der Waals surface area contributed by atoms with Gasteiger partial charge in [-0.25, -0.2) is 4.68 Å². The number of nitrogens with zero attached hydrogens (tertiary/aromatic N) is 2. The van der Waals surface area contributed by atoms with E-state index < -0.39 is 0 Å². The molecule has 0 saturated heterocycles. The van der Waals surface area contributed by atoms with Crippen molar-refractivity contribution in [2.45, 2.75) is 6.61 Å². The van der Waals surface area contributed by atoms with E-state index in [1.807, 2.05) is 59.4 Å². The van der Waals surface area contributed by atoms with Crippen molar-refractivity contribution in [3.8, 4) is 22.7 Å². The highest BCUT2D eigenvalue weighted by atomic mass is 16.5. The molecule has 19 heavy (non-hydrogen) atoms. The molecule has 0 spiro atoms. The van der Waals surface area contributed by atoms with E-state index in [0.29, 0.717) is 6.61 Å². The Hall–Kier alpha value is -2.55. The summed E-state index contributed by atoms with van der Waals surface area (Å²) >= 11 is 0. The average Bonchev–Trinajstić information content (AvgIpc) is 2.93. The second kappa shape index (κ2) is 3.99. The molecule has 92 valence electrons. The van der Waals surface area contributed by atoms with E-state index in [4.69, 9.17) is 9.84 Å². The van der Waals surface area contributed by atoms with E-state index in [9.17, 15) is 0 Å². The van der Waals surface area contributed by atoms with Crippen LogP contribution in [0.25, 0.3) is 16.9 Å². The van der Waals surface area contributed by atoms with Crippen LogP contribution in [0.3, 0.4) is 0 Å². The van der Waals surface area contributed by atoms with Crippen molar-refractivity contribution >= 4 is 0 Å². The summed E-state index contributed by atoms with van der Waals surface area (Å²) in [7, 11) is 0. The summed E-state index contributed by atoms with van der Waals surface area (Å²) < 4.78 is 7.66. The number of aromatic nitrogens is 2. The molecule has 0 saturated carbocycles. The number of fused-ring (bicyclic) bond motifs is 3. The molecule has 3 nitrogen and oxygen atoms in total. The van der Waals surface area contributed by atoms with Gasteiger partial charge in [0.1, 0.15) is 18.1 Å². The Balaban J connectivity index is 1.88. The number of para-hydroxylation sites is 2. The summed E-state index contributed by atoms with van der Waals surface area (Å²) in [6.07, 6.45) is 2.04. The largest absolute Gasteiger partial charge is 0.488 e. The van der Waals surface area contributed by atoms with Gasteiger partial charge >= 0.3 is 0 Å². The van der Waals surface area contributed by atoms with Crippen molar-refractivity contribution in [3.63, 3.8) is 0 Å². The minimum atomic E-state index is 0.583. The van der Waals surface area contributed by atoms with E-state index in [0.717, 1.165) is 28.3 Å². The lowest BCUT2D eigenvalue weighted by Gasteiger charge is -2.15. The Morgan fingerprint density at radius 2 is 1.74 bits per heavy atom. The zero-order valence-electron chi connectivity index (χ0n) is 10.3. The van der Waals surface area contributed by atoms with Crippen molar-refractivity contribution in [2.24, 2.45) is 0 Å². The monoisotopic (exact) mass is 248 g/mol. The third kappa shape index (κ3) is 1.63. The normalized spacial score (nSPS) is 12.4. The summed E-state index contributed by atoms with van der Waals surface area (Å²) in [6.45, 7) is 0.583. The van der Waals surface area contributed by atoms with Crippen molar-refractivity contribution in [3.05, 3.63) is 66.4 Å². The number of hydrogen-bond acceptors (Lipinski definition) is 2. The molecule has 0 unspecified atom stereocenters. The molecular formula is C16H12N2O. The van der Waals surface area contributed by atoms with Gasteiger partial charge in [0.25, 0.3) is 0 Å². The molecule has 0 N–H and O–H groups in total.